The topological polar surface area (TPSA) is 53.5 Å². The summed E-state index contributed by atoms with van der Waals surface area (Å²) in [7, 11) is 1.67. The highest BCUT2D eigenvalue weighted by Gasteiger charge is 2.27. The standard InChI is InChI=1S/C23H25Cl2N5O/c1-31-18-5-7-20-21(13-18)27-22(26-17-3-4-17)23(28-20)30-10-8-29(9-11-30)14-15-12-16(24)2-6-19(15)25/h2,5-7,12-13,17H,3-4,8-11,14H2,1H3,(H,26,27). The maximum Gasteiger partial charge on any atom is 0.172 e. The minimum absolute atomic E-state index is 0.502. The monoisotopic (exact) mass is 457 g/mol. The molecule has 31 heavy (non-hydrogen) atoms. The van der Waals surface area contributed by atoms with Crippen molar-refractivity contribution in [3.63, 3.8) is 0 Å². The number of anilines is 2. The number of nitrogens with zero attached hydrogens (tertiary/aromatic N) is 4. The third-order valence-corrected chi connectivity index (χ3v) is 6.45. The number of ether oxygens (including phenoxy) is 1. The van der Waals surface area contributed by atoms with Crippen molar-refractivity contribution in [1.82, 2.24) is 14.9 Å². The Morgan fingerprint density at radius 2 is 1.81 bits per heavy atom. The molecule has 0 atom stereocenters. The van der Waals surface area contributed by atoms with Gasteiger partial charge in [-0.15, -0.1) is 0 Å². The van der Waals surface area contributed by atoms with Crippen LogP contribution >= 0.6 is 23.2 Å². The van der Waals surface area contributed by atoms with E-state index >= 15 is 0 Å². The summed E-state index contributed by atoms with van der Waals surface area (Å²) in [5.74, 6) is 2.60. The van der Waals surface area contributed by atoms with Crippen molar-refractivity contribution >= 4 is 45.9 Å². The van der Waals surface area contributed by atoms with Crippen LogP contribution in [0.1, 0.15) is 18.4 Å². The van der Waals surface area contributed by atoms with Gasteiger partial charge in [-0.05, 0) is 48.7 Å². The van der Waals surface area contributed by atoms with Gasteiger partial charge in [0.05, 0.1) is 18.1 Å². The van der Waals surface area contributed by atoms with Gasteiger partial charge in [-0.3, -0.25) is 4.90 Å². The van der Waals surface area contributed by atoms with Gasteiger partial charge in [-0.25, -0.2) is 9.97 Å². The number of hydrogen-bond acceptors (Lipinski definition) is 6. The lowest BCUT2D eigenvalue weighted by Gasteiger charge is -2.36. The van der Waals surface area contributed by atoms with Crippen LogP contribution in [0.25, 0.3) is 11.0 Å². The number of methoxy groups -OCH3 is 1. The number of hydrogen-bond donors (Lipinski definition) is 1. The zero-order valence-corrected chi connectivity index (χ0v) is 19.0. The lowest BCUT2D eigenvalue weighted by atomic mass is 10.2. The maximum absolute atomic E-state index is 6.36. The molecule has 0 amide bonds. The van der Waals surface area contributed by atoms with E-state index in [9.17, 15) is 0 Å². The highest BCUT2D eigenvalue weighted by atomic mass is 35.5. The SMILES string of the molecule is COc1ccc2nc(N3CCN(Cc4cc(Cl)ccc4Cl)CC3)c(NC3CC3)nc2c1. The Labute approximate surface area is 192 Å². The second-order valence-electron chi connectivity index (χ2n) is 8.17. The van der Waals surface area contributed by atoms with Crippen LogP contribution in [0.15, 0.2) is 36.4 Å². The van der Waals surface area contributed by atoms with Gasteiger partial charge in [-0.1, -0.05) is 23.2 Å². The molecule has 1 saturated carbocycles. The van der Waals surface area contributed by atoms with Crippen molar-refractivity contribution in [3.05, 3.63) is 52.0 Å². The Morgan fingerprint density at radius 1 is 1.00 bits per heavy atom. The molecule has 5 rings (SSSR count). The van der Waals surface area contributed by atoms with Gasteiger partial charge < -0.3 is 15.0 Å². The van der Waals surface area contributed by atoms with Crippen LogP contribution < -0.4 is 15.0 Å². The number of piperazine rings is 1. The van der Waals surface area contributed by atoms with Gasteiger partial charge in [0.2, 0.25) is 0 Å². The predicted octanol–water partition coefficient (Wildman–Crippen LogP) is 4.84. The van der Waals surface area contributed by atoms with E-state index in [1.54, 1.807) is 7.11 Å². The molecule has 1 aliphatic heterocycles. The molecule has 2 fully saturated rings. The fourth-order valence-corrected chi connectivity index (χ4v) is 4.29. The van der Waals surface area contributed by atoms with E-state index in [4.69, 9.17) is 37.9 Å². The fourth-order valence-electron chi connectivity index (χ4n) is 3.91. The molecule has 1 aliphatic carbocycles. The van der Waals surface area contributed by atoms with Crippen molar-refractivity contribution in [2.24, 2.45) is 0 Å². The van der Waals surface area contributed by atoms with Crippen LogP contribution in [0, 0.1) is 0 Å². The van der Waals surface area contributed by atoms with Crippen LogP contribution in [-0.2, 0) is 6.54 Å². The first-order valence-corrected chi connectivity index (χ1v) is 11.4. The first-order valence-electron chi connectivity index (χ1n) is 10.6. The highest BCUT2D eigenvalue weighted by Crippen LogP contribution is 2.32. The number of rotatable bonds is 6. The molecule has 1 aromatic heterocycles. The molecule has 2 aliphatic rings. The van der Waals surface area contributed by atoms with Crippen molar-refractivity contribution < 1.29 is 4.74 Å². The molecule has 2 aromatic carbocycles. The summed E-state index contributed by atoms with van der Waals surface area (Å²) in [5, 5.41) is 5.06. The van der Waals surface area contributed by atoms with Crippen LogP contribution in [-0.4, -0.2) is 54.2 Å². The zero-order valence-electron chi connectivity index (χ0n) is 17.4. The molecule has 1 N–H and O–H groups in total. The van der Waals surface area contributed by atoms with E-state index in [1.807, 2.05) is 36.4 Å². The third-order valence-electron chi connectivity index (χ3n) is 5.84. The van der Waals surface area contributed by atoms with Crippen molar-refractivity contribution in [2.45, 2.75) is 25.4 Å². The van der Waals surface area contributed by atoms with E-state index in [2.05, 4.69) is 15.1 Å². The second kappa shape index (κ2) is 8.69. The summed E-state index contributed by atoms with van der Waals surface area (Å²) in [4.78, 5) is 14.6. The summed E-state index contributed by atoms with van der Waals surface area (Å²) >= 11 is 12.5. The molecular formula is C23H25Cl2N5O. The van der Waals surface area contributed by atoms with Crippen LogP contribution in [0.4, 0.5) is 11.6 Å². The fraction of sp³-hybridized carbons (Fsp3) is 0.391. The molecule has 162 valence electrons. The third kappa shape index (κ3) is 4.66. The van der Waals surface area contributed by atoms with Crippen molar-refractivity contribution in [1.29, 1.82) is 0 Å². The van der Waals surface area contributed by atoms with Gasteiger partial charge in [-0.2, -0.15) is 0 Å². The van der Waals surface area contributed by atoms with Gasteiger partial charge in [0, 0.05) is 54.9 Å². The van der Waals surface area contributed by atoms with E-state index in [0.29, 0.717) is 6.04 Å². The number of fused-ring (bicyclic) bond motifs is 1. The Kier molecular flexibility index (Phi) is 5.78. The number of benzene rings is 2. The van der Waals surface area contributed by atoms with Crippen molar-refractivity contribution in [3.8, 4) is 5.75 Å². The summed E-state index contributed by atoms with van der Waals surface area (Å²) < 4.78 is 5.36. The molecule has 2 heterocycles. The minimum Gasteiger partial charge on any atom is -0.497 e. The van der Waals surface area contributed by atoms with Gasteiger partial charge >= 0.3 is 0 Å². The van der Waals surface area contributed by atoms with Gasteiger partial charge in [0.25, 0.3) is 0 Å². The van der Waals surface area contributed by atoms with Crippen LogP contribution in [0.2, 0.25) is 10.0 Å². The average Bonchev–Trinajstić information content (AvgIpc) is 3.60. The maximum atomic E-state index is 6.36. The molecule has 3 aromatic rings. The summed E-state index contributed by atoms with van der Waals surface area (Å²) in [5.41, 5.74) is 2.80. The molecule has 6 nitrogen and oxygen atoms in total. The molecule has 0 spiro atoms. The average molecular weight is 458 g/mol. The van der Waals surface area contributed by atoms with E-state index in [-0.39, 0.29) is 0 Å². The van der Waals surface area contributed by atoms with Crippen LogP contribution in [0.5, 0.6) is 5.75 Å². The van der Waals surface area contributed by atoms with E-state index in [0.717, 1.165) is 76.8 Å². The highest BCUT2D eigenvalue weighted by molar-refractivity contribution is 6.33. The largest absolute Gasteiger partial charge is 0.497 e. The predicted molar refractivity (Wildman–Crippen MR) is 127 cm³/mol. The van der Waals surface area contributed by atoms with Crippen LogP contribution in [0.3, 0.4) is 0 Å². The summed E-state index contributed by atoms with van der Waals surface area (Å²) in [6.07, 6.45) is 2.37. The molecule has 0 radical (unpaired) electrons. The van der Waals surface area contributed by atoms with E-state index in [1.165, 1.54) is 12.8 Å². The first-order chi connectivity index (χ1) is 15.1. The molecule has 8 heteroatoms. The Bertz CT molecular complexity index is 1100. The van der Waals surface area contributed by atoms with Gasteiger partial charge in [0.1, 0.15) is 5.75 Å². The first kappa shape index (κ1) is 20.6. The minimum atomic E-state index is 0.502. The second-order valence-corrected chi connectivity index (χ2v) is 9.01. The summed E-state index contributed by atoms with van der Waals surface area (Å²) in [6, 6.07) is 12.0. The lowest BCUT2D eigenvalue weighted by molar-refractivity contribution is 0.249. The number of nitrogens with one attached hydrogen (secondary N) is 1. The lowest BCUT2D eigenvalue weighted by Crippen LogP contribution is -2.46. The quantitative estimate of drug-likeness (QED) is 0.571. The van der Waals surface area contributed by atoms with E-state index < -0.39 is 0 Å². The number of halogens is 2. The van der Waals surface area contributed by atoms with Gasteiger partial charge in [0.15, 0.2) is 11.6 Å². The zero-order chi connectivity index (χ0) is 21.4. The molecule has 0 bridgehead atoms. The normalized spacial score (nSPS) is 17.2. The molecular weight excluding hydrogens is 433 g/mol. The molecule has 0 unspecified atom stereocenters. The van der Waals surface area contributed by atoms with Crippen molar-refractivity contribution in [2.75, 3.05) is 43.5 Å². The Morgan fingerprint density at radius 3 is 2.55 bits per heavy atom. The molecule has 1 saturated heterocycles. The summed E-state index contributed by atoms with van der Waals surface area (Å²) in [6.45, 7) is 4.41. The Hall–Kier alpha value is -2.28. The Balaban J connectivity index is 1.35. The smallest absolute Gasteiger partial charge is 0.172 e. The number of aromatic nitrogens is 2.